The van der Waals surface area contributed by atoms with E-state index in [2.05, 4.69) is 38.2 Å². The van der Waals surface area contributed by atoms with Gasteiger partial charge in [-0.2, -0.15) is 0 Å². The van der Waals surface area contributed by atoms with Gasteiger partial charge in [0.2, 0.25) is 0 Å². The number of hydrogen-bond donors (Lipinski definition) is 1. The minimum atomic E-state index is 0.244. The predicted molar refractivity (Wildman–Crippen MR) is 69.8 cm³/mol. The lowest BCUT2D eigenvalue weighted by Crippen LogP contribution is -2.40. The molecule has 0 aromatic heterocycles. The summed E-state index contributed by atoms with van der Waals surface area (Å²) in [7, 11) is 0. The molecular weight excluding hydrogens is 218 g/mol. The topological polar surface area (TPSA) is 12.0 Å². The number of rotatable bonds is 4. The largest absolute Gasteiger partial charge is 0.307 e. The van der Waals surface area contributed by atoms with Crippen molar-refractivity contribution in [2.24, 2.45) is 5.92 Å². The van der Waals surface area contributed by atoms with Crippen LogP contribution in [0.5, 0.6) is 0 Å². The average molecular weight is 238 g/mol. The first-order valence-electron chi connectivity index (χ1n) is 5.99. The number of benzene rings is 1. The van der Waals surface area contributed by atoms with E-state index in [1.165, 1.54) is 24.0 Å². The standard InChI is InChI=1S/C14H20ClN/c1-10-4-5-11(13(15)8-10)9-16-14(2,3)12-6-7-12/h4-5,8,12,16H,6-7,9H2,1-3H3. The zero-order valence-corrected chi connectivity index (χ0v) is 11.1. The van der Waals surface area contributed by atoms with Gasteiger partial charge in [-0.25, -0.2) is 0 Å². The van der Waals surface area contributed by atoms with E-state index in [9.17, 15) is 0 Å². The highest BCUT2D eigenvalue weighted by atomic mass is 35.5. The summed E-state index contributed by atoms with van der Waals surface area (Å²) in [6.45, 7) is 7.50. The van der Waals surface area contributed by atoms with Crippen molar-refractivity contribution in [1.29, 1.82) is 0 Å². The SMILES string of the molecule is Cc1ccc(CNC(C)(C)C2CC2)c(Cl)c1. The van der Waals surface area contributed by atoms with Crippen molar-refractivity contribution in [3.8, 4) is 0 Å². The second-order valence-electron chi connectivity index (χ2n) is 5.44. The van der Waals surface area contributed by atoms with Crippen LogP contribution in [0.1, 0.15) is 37.8 Å². The highest BCUT2D eigenvalue weighted by Gasteiger charge is 2.37. The number of hydrogen-bond acceptors (Lipinski definition) is 1. The van der Waals surface area contributed by atoms with Crippen molar-refractivity contribution in [3.05, 3.63) is 34.3 Å². The van der Waals surface area contributed by atoms with E-state index in [-0.39, 0.29) is 5.54 Å². The van der Waals surface area contributed by atoms with Crippen LogP contribution in [0.3, 0.4) is 0 Å². The fourth-order valence-corrected chi connectivity index (χ4v) is 2.37. The van der Waals surface area contributed by atoms with Gasteiger partial charge in [-0.05, 0) is 56.7 Å². The molecule has 0 atom stereocenters. The van der Waals surface area contributed by atoms with Crippen molar-refractivity contribution in [2.45, 2.75) is 45.7 Å². The van der Waals surface area contributed by atoms with E-state index < -0.39 is 0 Å². The molecule has 2 heteroatoms. The van der Waals surface area contributed by atoms with Gasteiger partial charge in [-0.15, -0.1) is 0 Å². The molecule has 0 aliphatic heterocycles. The fourth-order valence-electron chi connectivity index (χ4n) is 2.07. The smallest absolute Gasteiger partial charge is 0.0453 e. The van der Waals surface area contributed by atoms with Gasteiger partial charge in [0.05, 0.1) is 0 Å². The summed E-state index contributed by atoms with van der Waals surface area (Å²) in [5, 5.41) is 4.49. The molecule has 2 rings (SSSR count). The highest BCUT2D eigenvalue weighted by Crippen LogP contribution is 2.39. The van der Waals surface area contributed by atoms with Gasteiger partial charge >= 0.3 is 0 Å². The molecule has 88 valence electrons. The lowest BCUT2D eigenvalue weighted by Gasteiger charge is -2.26. The summed E-state index contributed by atoms with van der Waals surface area (Å²) >= 11 is 6.21. The van der Waals surface area contributed by atoms with E-state index in [0.717, 1.165) is 17.5 Å². The summed E-state index contributed by atoms with van der Waals surface area (Å²) in [4.78, 5) is 0. The molecule has 1 aliphatic carbocycles. The molecule has 1 N–H and O–H groups in total. The van der Waals surface area contributed by atoms with Crippen LogP contribution < -0.4 is 5.32 Å². The molecular formula is C14H20ClN. The Labute approximate surface area is 103 Å². The maximum atomic E-state index is 6.21. The molecule has 1 fully saturated rings. The van der Waals surface area contributed by atoms with Crippen LogP contribution >= 0.6 is 11.6 Å². The molecule has 1 aromatic carbocycles. The Morgan fingerprint density at radius 2 is 2.06 bits per heavy atom. The Morgan fingerprint density at radius 3 is 2.62 bits per heavy atom. The average Bonchev–Trinajstić information content (AvgIpc) is 2.99. The monoisotopic (exact) mass is 237 g/mol. The highest BCUT2D eigenvalue weighted by molar-refractivity contribution is 6.31. The Morgan fingerprint density at radius 1 is 1.38 bits per heavy atom. The molecule has 1 saturated carbocycles. The third kappa shape index (κ3) is 2.78. The molecule has 0 saturated heterocycles. The maximum Gasteiger partial charge on any atom is 0.0453 e. The third-order valence-corrected chi connectivity index (χ3v) is 3.89. The van der Waals surface area contributed by atoms with Gasteiger partial charge in [0.15, 0.2) is 0 Å². The lowest BCUT2D eigenvalue weighted by atomic mass is 9.98. The van der Waals surface area contributed by atoms with E-state index in [1.807, 2.05) is 6.07 Å². The van der Waals surface area contributed by atoms with Crippen molar-refractivity contribution in [2.75, 3.05) is 0 Å². The van der Waals surface area contributed by atoms with Crippen molar-refractivity contribution < 1.29 is 0 Å². The normalized spacial score (nSPS) is 16.5. The minimum absolute atomic E-state index is 0.244. The fraction of sp³-hybridized carbons (Fsp3) is 0.571. The van der Waals surface area contributed by atoms with E-state index >= 15 is 0 Å². The summed E-state index contributed by atoms with van der Waals surface area (Å²) in [6, 6.07) is 6.27. The molecule has 0 heterocycles. The molecule has 1 aliphatic rings. The first-order valence-corrected chi connectivity index (χ1v) is 6.37. The lowest BCUT2D eigenvalue weighted by molar-refractivity contribution is 0.339. The van der Waals surface area contributed by atoms with Crippen molar-refractivity contribution in [1.82, 2.24) is 5.32 Å². The zero-order chi connectivity index (χ0) is 11.8. The molecule has 0 unspecified atom stereocenters. The minimum Gasteiger partial charge on any atom is -0.307 e. The second kappa shape index (κ2) is 4.38. The molecule has 0 amide bonds. The van der Waals surface area contributed by atoms with Crippen LogP contribution in [0, 0.1) is 12.8 Å². The first kappa shape index (κ1) is 11.9. The quantitative estimate of drug-likeness (QED) is 0.837. The van der Waals surface area contributed by atoms with Crippen LogP contribution in [0.2, 0.25) is 5.02 Å². The van der Waals surface area contributed by atoms with Crippen LogP contribution in [0.15, 0.2) is 18.2 Å². The Hall–Kier alpha value is -0.530. The summed E-state index contributed by atoms with van der Waals surface area (Å²) in [5.74, 6) is 0.844. The van der Waals surface area contributed by atoms with Crippen LogP contribution in [-0.4, -0.2) is 5.54 Å². The van der Waals surface area contributed by atoms with Gasteiger partial charge in [-0.3, -0.25) is 0 Å². The van der Waals surface area contributed by atoms with E-state index in [0.29, 0.717) is 0 Å². The molecule has 0 radical (unpaired) electrons. The van der Waals surface area contributed by atoms with Crippen LogP contribution in [0.4, 0.5) is 0 Å². The molecule has 0 spiro atoms. The Balaban J connectivity index is 1.98. The maximum absolute atomic E-state index is 6.21. The van der Waals surface area contributed by atoms with E-state index in [4.69, 9.17) is 11.6 Å². The molecule has 0 bridgehead atoms. The van der Waals surface area contributed by atoms with Gasteiger partial charge in [0.25, 0.3) is 0 Å². The third-order valence-electron chi connectivity index (χ3n) is 3.54. The Kier molecular flexibility index (Phi) is 3.27. The predicted octanol–water partition coefficient (Wildman–Crippen LogP) is 3.93. The second-order valence-corrected chi connectivity index (χ2v) is 5.85. The van der Waals surface area contributed by atoms with Crippen LogP contribution in [0.25, 0.3) is 0 Å². The van der Waals surface area contributed by atoms with Gasteiger partial charge in [-0.1, -0.05) is 23.7 Å². The summed E-state index contributed by atoms with van der Waals surface area (Å²) in [5.41, 5.74) is 2.66. The molecule has 1 aromatic rings. The first-order chi connectivity index (χ1) is 7.49. The van der Waals surface area contributed by atoms with Gasteiger partial charge in [0, 0.05) is 17.1 Å². The molecule has 1 nitrogen and oxygen atoms in total. The Bertz CT molecular complexity index is 380. The zero-order valence-electron chi connectivity index (χ0n) is 10.3. The number of aryl methyl sites for hydroxylation is 1. The summed E-state index contributed by atoms with van der Waals surface area (Å²) < 4.78 is 0. The van der Waals surface area contributed by atoms with Crippen molar-refractivity contribution in [3.63, 3.8) is 0 Å². The van der Waals surface area contributed by atoms with E-state index in [1.54, 1.807) is 0 Å². The van der Waals surface area contributed by atoms with Gasteiger partial charge < -0.3 is 5.32 Å². The summed E-state index contributed by atoms with van der Waals surface area (Å²) in [6.07, 6.45) is 2.73. The van der Waals surface area contributed by atoms with Crippen LogP contribution in [-0.2, 0) is 6.54 Å². The van der Waals surface area contributed by atoms with Gasteiger partial charge in [0.1, 0.15) is 0 Å². The number of nitrogens with one attached hydrogen (secondary N) is 1. The number of halogens is 1. The molecule has 16 heavy (non-hydrogen) atoms. The van der Waals surface area contributed by atoms with Crippen molar-refractivity contribution >= 4 is 11.6 Å².